The molecule has 1 spiro atoms. The van der Waals surface area contributed by atoms with E-state index in [0.717, 1.165) is 32.3 Å². The van der Waals surface area contributed by atoms with Crippen LogP contribution in [0.15, 0.2) is 5.03 Å². The molecule has 2 aliphatic rings. The molecule has 5 nitrogen and oxygen atoms in total. The first-order valence-electron chi connectivity index (χ1n) is 7.38. The molecule has 1 unspecified atom stereocenters. The topological polar surface area (TPSA) is 72.3 Å². The van der Waals surface area contributed by atoms with Gasteiger partial charge in [0.05, 0.1) is 11.3 Å². The van der Waals surface area contributed by atoms with Crippen LogP contribution in [0, 0.1) is 13.8 Å². The molecule has 6 heteroatoms. The Morgan fingerprint density at radius 1 is 1.38 bits per heavy atom. The van der Waals surface area contributed by atoms with Gasteiger partial charge in [0, 0.05) is 11.9 Å². The fraction of sp³-hybridized carbons (Fsp3) is 0.667. The molecule has 3 rings (SSSR count). The van der Waals surface area contributed by atoms with Crippen molar-refractivity contribution in [3.63, 3.8) is 0 Å². The second-order valence-electron chi connectivity index (χ2n) is 5.96. The van der Waals surface area contributed by atoms with Gasteiger partial charge >= 0.3 is 5.97 Å². The van der Waals surface area contributed by atoms with Gasteiger partial charge in [0.25, 0.3) is 0 Å². The SMILES string of the molecule is Cc1nc(C)c(C(=O)O)c(SC2CCOC3(CCC3)C2)n1. The molecular formula is C15H20N2O3S. The van der Waals surface area contributed by atoms with E-state index in [-0.39, 0.29) is 11.2 Å². The minimum atomic E-state index is -0.944. The fourth-order valence-electron chi connectivity index (χ4n) is 3.17. The molecule has 2 heterocycles. The molecule has 2 fully saturated rings. The molecule has 1 aliphatic heterocycles. The summed E-state index contributed by atoms with van der Waals surface area (Å²) in [7, 11) is 0. The van der Waals surface area contributed by atoms with Crippen molar-refractivity contribution in [3.05, 3.63) is 17.1 Å². The molecule has 1 aromatic rings. The second-order valence-corrected chi connectivity index (χ2v) is 7.25. The number of aryl methyl sites for hydroxylation is 2. The van der Waals surface area contributed by atoms with E-state index in [9.17, 15) is 9.90 Å². The number of hydrogen-bond donors (Lipinski definition) is 1. The number of aromatic carboxylic acids is 1. The molecule has 114 valence electrons. The number of rotatable bonds is 3. The Hall–Kier alpha value is -1.14. The zero-order valence-electron chi connectivity index (χ0n) is 12.4. The maximum absolute atomic E-state index is 11.5. The van der Waals surface area contributed by atoms with E-state index in [1.165, 1.54) is 6.42 Å². The van der Waals surface area contributed by atoms with Crippen molar-refractivity contribution in [2.24, 2.45) is 0 Å². The third kappa shape index (κ3) is 2.92. The van der Waals surface area contributed by atoms with E-state index < -0.39 is 5.97 Å². The van der Waals surface area contributed by atoms with Crippen molar-refractivity contribution < 1.29 is 14.6 Å². The minimum Gasteiger partial charge on any atom is -0.478 e. The number of hydrogen-bond acceptors (Lipinski definition) is 5. The summed E-state index contributed by atoms with van der Waals surface area (Å²) in [5.41, 5.74) is 0.860. The molecule has 1 saturated carbocycles. The molecule has 1 atom stereocenters. The predicted molar refractivity (Wildman–Crippen MR) is 79.9 cm³/mol. The second kappa shape index (κ2) is 5.57. The van der Waals surface area contributed by atoms with Crippen LogP contribution in [0.1, 0.15) is 54.0 Å². The maximum atomic E-state index is 11.5. The van der Waals surface area contributed by atoms with Crippen LogP contribution in [0.3, 0.4) is 0 Å². The Kier molecular flexibility index (Phi) is 3.92. The molecule has 0 aromatic carbocycles. The number of aromatic nitrogens is 2. The molecule has 0 radical (unpaired) electrons. The highest BCUT2D eigenvalue weighted by atomic mass is 32.2. The molecule has 1 saturated heterocycles. The highest BCUT2D eigenvalue weighted by Crippen LogP contribution is 2.46. The van der Waals surface area contributed by atoms with Crippen molar-refractivity contribution >= 4 is 17.7 Å². The molecule has 0 bridgehead atoms. The number of carbonyl (C=O) groups is 1. The van der Waals surface area contributed by atoms with Crippen LogP contribution in [0.25, 0.3) is 0 Å². The summed E-state index contributed by atoms with van der Waals surface area (Å²) < 4.78 is 5.93. The largest absolute Gasteiger partial charge is 0.478 e. The van der Waals surface area contributed by atoms with Crippen LogP contribution in [-0.2, 0) is 4.74 Å². The van der Waals surface area contributed by atoms with Gasteiger partial charge in [-0.25, -0.2) is 14.8 Å². The zero-order valence-corrected chi connectivity index (χ0v) is 13.2. The van der Waals surface area contributed by atoms with Crippen molar-refractivity contribution in [3.8, 4) is 0 Å². The third-order valence-corrected chi connectivity index (χ3v) is 5.63. The quantitative estimate of drug-likeness (QED) is 0.865. The first-order valence-corrected chi connectivity index (χ1v) is 8.26. The summed E-state index contributed by atoms with van der Waals surface area (Å²) in [5, 5.41) is 10.4. The predicted octanol–water partition coefficient (Wildman–Crippen LogP) is 2.99. The maximum Gasteiger partial charge on any atom is 0.340 e. The number of ether oxygens (including phenoxy) is 1. The van der Waals surface area contributed by atoms with Gasteiger partial charge in [-0.1, -0.05) is 0 Å². The van der Waals surface area contributed by atoms with Crippen molar-refractivity contribution in [2.75, 3.05) is 6.61 Å². The van der Waals surface area contributed by atoms with Gasteiger partial charge in [-0.3, -0.25) is 0 Å². The summed E-state index contributed by atoms with van der Waals surface area (Å²) in [4.78, 5) is 20.0. The lowest BCUT2D eigenvalue weighted by Crippen LogP contribution is -2.46. The number of nitrogens with zero attached hydrogens (tertiary/aromatic N) is 2. The lowest BCUT2D eigenvalue weighted by atomic mass is 9.75. The standard InChI is InChI=1S/C15H20N2O3S/c1-9-12(14(18)19)13(17-10(2)16-9)21-11-4-7-20-15(8-11)5-3-6-15/h11H,3-8H2,1-2H3,(H,18,19). The normalized spacial score (nSPS) is 23.8. The third-order valence-electron chi connectivity index (χ3n) is 4.37. The molecule has 0 amide bonds. The summed E-state index contributed by atoms with van der Waals surface area (Å²) >= 11 is 1.59. The van der Waals surface area contributed by atoms with Gasteiger partial charge in [0.2, 0.25) is 0 Å². The van der Waals surface area contributed by atoms with E-state index in [0.29, 0.717) is 21.8 Å². The Morgan fingerprint density at radius 3 is 2.76 bits per heavy atom. The van der Waals surface area contributed by atoms with Crippen LogP contribution in [-0.4, -0.2) is 38.5 Å². The summed E-state index contributed by atoms with van der Waals surface area (Å²) in [6.45, 7) is 4.31. The number of carboxylic acid groups (broad SMARTS) is 1. The van der Waals surface area contributed by atoms with Crippen molar-refractivity contribution in [2.45, 2.75) is 61.8 Å². The van der Waals surface area contributed by atoms with Crippen molar-refractivity contribution in [1.82, 2.24) is 9.97 Å². The van der Waals surface area contributed by atoms with E-state index in [1.54, 1.807) is 25.6 Å². The van der Waals surface area contributed by atoms with E-state index in [2.05, 4.69) is 9.97 Å². The van der Waals surface area contributed by atoms with Crippen LogP contribution < -0.4 is 0 Å². The van der Waals surface area contributed by atoms with Gasteiger partial charge in [0.1, 0.15) is 16.4 Å². The average Bonchev–Trinajstić information content (AvgIpc) is 2.35. The van der Waals surface area contributed by atoms with E-state index in [1.807, 2.05) is 0 Å². The number of carboxylic acids is 1. The van der Waals surface area contributed by atoms with Crippen LogP contribution in [0.5, 0.6) is 0 Å². The Labute approximate surface area is 128 Å². The first-order chi connectivity index (χ1) is 9.99. The first kappa shape index (κ1) is 14.8. The lowest BCUT2D eigenvalue weighted by molar-refractivity contribution is -0.125. The highest BCUT2D eigenvalue weighted by molar-refractivity contribution is 7.99. The molecular weight excluding hydrogens is 288 g/mol. The molecule has 21 heavy (non-hydrogen) atoms. The Balaban J connectivity index is 1.82. The monoisotopic (exact) mass is 308 g/mol. The van der Waals surface area contributed by atoms with Crippen molar-refractivity contribution in [1.29, 1.82) is 0 Å². The molecule has 1 aromatic heterocycles. The van der Waals surface area contributed by atoms with Gasteiger partial charge in [0.15, 0.2) is 0 Å². The van der Waals surface area contributed by atoms with Crippen LogP contribution in [0.2, 0.25) is 0 Å². The Morgan fingerprint density at radius 2 is 2.14 bits per heavy atom. The summed E-state index contributed by atoms with van der Waals surface area (Å²) in [5.74, 6) is -0.314. The van der Waals surface area contributed by atoms with Gasteiger partial charge in [-0.05, 0) is 46.0 Å². The Bertz CT molecular complexity index is 572. The highest BCUT2D eigenvalue weighted by Gasteiger charge is 2.43. The minimum absolute atomic E-state index is 0.0659. The van der Waals surface area contributed by atoms with E-state index >= 15 is 0 Å². The fourth-order valence-corrected chi connectivity index (χ4v) is 4.63. The summed E-state index contributed by atoms with van der Waals surface area (Å²) in [6, 6.07) is 0. The summed E-state index contributed by atoms with van der Waals surface area (Å²) in [6.07, 6.45) is 5.46. The van der Waals surface area contributed by atoms with Crippen LogP contribution >= 0.6 is 11.8 Å². The smallest absolute Gasteiger partial charge is 0.340 e. The zero-order chi connectivity index (χ0) is 15.0. The molecule has 1 aliphatic carbocycles. The number of thioether (sulfide) groups is 1. The van der Waals surface area contributed by atoms with Crippen LogP contribution in [0.4, 0.5) is 0 Å². The average molecular weight is 308 g/mol. The van der Waals surface area contributed by atoms with Gasteiger partial charge < -0.3 is 9.84 Å². The molecule has 1 N–H and O–H groups in total. The van der Waals surface area contributed by atoms with E-state index in [4.69, 9.17) is 4.74 Å². The van der Waals surface area contributed by atoms with Gasteiger partial charge in [-0.15, -0.1) is 11.8 Å². The lowest BCUT2D eigenvalue weighted by Gasteiger charge is -2.47. The van der Waals surface area contributed by atoms with Gasteiger partial charge in [-0.2, -0.15) is 0 Å².